The summed E-state index contributed by atoms with van der Waals surface area (Å²) in [7, 11) is 2.69. The maximum atomic E-state index is 12.0. The fraction of sp³-hybridized carbons (Fsp3) is 0.318. The summed E-state index contributed by atoms with van der Waals surface area (Å²) < 4.78 is 4.79. The van der Waals surface area contributed by atoms with Crippen molar-refractivity contribution in [1.29, 1.82) is 0 Å². The maximum absolute atomic E-state index is 12.0. The summed E-state index contributed by atoms with van der Waals surface area (Å²) in [6.45, 7) is 2.21. The molecule has 0 radical (unpaired) electrons. The minimum Gasteiger partial charge on any atom is -0.464 e. The molecule has 2 atom stereocenters. The average Bonchev–Trinajstić information content (AvgIpc) is 3.54. The number of esters is 1. The molecule has 1 saturated carbocycles. The van der Waals surface area contributed by atoms with Crippen molar-refractivity contribution in [2.75, 3.05) is 14.2 Å². The van der Waals surface area contributed by atoms with Crippen LogP contribution in [0.2, 0.25) is 0 Å². The Labute approximate surface area is 164 Å². The highest BCUT2D eigenvalue weighted by atomic mass is 16.6. The largest absolute Gasteiger partial charge is 0.464 e. The highest BCUT2D eigenvalue weighted by Gasteiger charge is 2.40. The first-order chi connectivity index (χ1) is 13.7. The van der Waals surface area contributed by atoms with Gasteiger partial charge in [-0.1, -0.05) is 64.9 Å². The molecule has 0 amide bonds. The van der Waals surface area contributed by atoms with Crippen LogP contribution in [-0.2, 0) is 25.8 Å². The van der Waals surface area contributed by atoms with Crippen LogP contribution in [0.25, 0.3) is 0 Å². The first-order valence-corrected chi connectivity index (χ1v) is 9.14. The van der Waals surface area contributed by atoms with Gasteiger partial charge in [-0.25, -0.2) is 4.79 Å². The van der Waals surface area contributed by atoms with Gasteiger partial charge in [0.05, 0.1) is 12.8 Å². The molecule has 0 N–H and O–H groups in total. The standard InChI is InChI=1S/C22H24N2O4/c1-15(19-13-20(19)16-9-5-4-6-10-16)23-28-14-17-11-7-8-12-18(17)21(24-27-3)22(25)26-2/h4-12,19-20H,13-14H2,1-3H3/b23-15?,24-21+/t19-,20-/m0/s1. The second-order valence-electron chi connectivity index (χ2n) is 6.64. The van der Waals surface area contributed by atoms with Gasteiger partial charge < -0.3 is 14.4 Å². The van der Waals surface area contributed by atoms with E-state index in [0.717, 1.165) is 17.7 Å². The van der Waals surface area contributed by atoms with Crippen molar-refractivity contribution < 1.29 is 19.2 Å². The molecule has 1 aliphatic carbocycles. The predicted molar refractivity (Wildman–Crippen MR) is 107 cm³/mol. The summed E-state index contributed by atoms with van der Waals surface area (Å²) in [5.41, 5.74) is 3.78. The predicted octanol–water partition coefficient (Wildman–Crippen LogP) is 3.91. The molecule has 0 unspecified atom stereocenters. The van der Waals surface area contributed by atoms with Crippen molar-refractivity contribution in [3.63, 3.8) is 0 Å². The number of hydrogen-bond acceptors (Lipinski definition) is 6. The van der Waals surface area contributed by atoms with E-state index in [-0.39, 0.29) is 12.3 Å². The van der Waals surface area contributed by atoms with Crippen molar-refractivity contribution in [1.82, 2.24) is 0 Å². The molecule has 6 nitrogen and oxygen atoms in total. The molecular weight excluding hydrogens is 356 g/mol. The van der Waals surface area contributed by atoms with Crippen LogP contribution in [0.1, 0.15) is 36.0 Å². The Kier molecular flexibility index (Phi) is 6.42. The molecule has 0 saturated heterocycles. The van der Waals surface area contributed by atoms with Crippen LogP contribution in [0.4, 0.5) is 0 Å². The first-order valence-electron chi connectivity index (χ1n) is 9.14. The van der Waals surface area contributed by atoms with Gasteiger partial charge in [0.15, 0.2) is 5.71 Å². The summed E-state index contributed by atoms with van der Waals surface area (Å²) in [5.74, 6) is 0.358. The first kappa shape index (κ1) is 19.6. The average molecular weight is 380 g/mol. The summed E-state index contributed by atoms with van der Waals surface area (Å²) >= 11 is 0. The van der Waals surface area contributed by atoms with Crippen LogP contribution in [0.15, 0.2) is 64.9 Å². The van der Waals surface area contributed by atoms with E-state index in [1.165, 1.54) is 19.8 Å². The second-order valence-corrected chi connectivity index (χ2v) is 6.64. The Bertz CT molecular complexity index is 877. The van der Waals surface area contributed by atoms with Crippen molar-refractivity contribution in [2.45, 2.75) is 25.9 Å². The third-order valence-corrected chi connectivity index (χ3v) is 4.82. The maximum Gasteiger partial charge on any atom is 0.360 e. The molecule has 2 aromatic rings. The van der Waals surface area contributed by atoms with Gasteiger partial charge in [0, 0.05) is 17.0 Å². The van der Waals surface area contributed by atoms with Gasteiger partial charge in [0.2, 0.25) is 0 Å². The lowest BCUT2D eigenvalue weighted by Crippen LogP contribution is -2.19. The Hall–Kier alpha value is -3.15. The van der Waals surface area contributed by atoms with Crippen LogP contribution in [0.5, 0.6) is 0 Å². The molecule has 28 heavy (non-hydrogen) atoms. The van der Waals surface area contributed by atoms with Crippen LogP contribution in [0, 0.1) is 5.92 Å². The second kappa shape index (κ2) is 9.17. The molecule has 0 aromatic heterocycles. The highest BCUT2D eigenvalue weighted by Crippen LogP contribution is 2.48. The summed E-state index contributed by atoms with van der Waals surface area (Å²) in [4.78, 5) is 22.4. The monoisotopic (exact) mass is 380 g/mol. The number of carbonyl (C=O) groups excluding carboxylic acids is 1. The topological polar surface area (TPSA) is 69.5 Å². The van der Waals surface area contributed by atoms with E-state index in [1.54, 1.807) is 6.07 Å². The molecule has 6 heteroatoms. The third kappa shape index (κ3) is 4.57. The van der Waals surface area contributed by atoms with E-state index in [4.69, 9.17) is 14.4 Å². The number of hydrogen-bond donors (Lipinski definition) is 0. The number of rotatable bonds is 8. The Morgan fingerprint density at radius 1 is 1.04 bits per heavy atom. The van der Waals surface area contributed by atoms with E-state index in [1.807, 2.05) is 31.2 Å². The molecule has 3 rings (SSSR count). The van der Waals surface area contributed by atoms with Crippen LogP contribution in [0.3, 0.4) is 0 Å². The van der Waals surface area contributed by atoms with Gasteiger partial charge >= 0.3 is 5.97 Å². The van der Waals surface area contributed by atoms with Crippen molar-refractivity contribution >= 4 is 17.4 Å². The van der Waals surface area contributed by atoms with Gasteiger partial charge in [-0.15, -0.1) is 0 Å². The minimum absolute atomic E-state index is 0.0937. The summed E-state index contributed by atoms with van der Waals surface area (Å²) in [5, 5.41) is 8.10. The van der Waals surface area contributed by atoms with E-state index in [9.17, 15) is 4.79 Å². The smallest absolute Gasteiger partial charge is 0.360 e. The zero-order chi connectivity index (χ0) is 19.9. The van der Waals surface area contributed by atoms with Crippen LogP contribution < -0.4 is 0 Å². The number of ether oxygens (including phenoxy) is 1. The number of nitrogens with zero attached hydrogens (tertiary/aromatic N) is 2. The van der Waals surface area contributed by atoms with E-state index >= 15 is 0 Å². The van der Waals surface area contributed by atoms with Gasteiger partial charge in [-0.05, 0) is 24.8 Å². The SMILES string of the molecule is CO/N=C(/C(=O)OC)c1ccccc1CON=C(C)[C@@H]1C[C@H]1c1ccccc1. The number of methoxy groups -OCH3 is 1. The Morgan fingerprint density at radius 2 is 1.75 bits per heavy atom. The summed E-state index contributed by atoms with van der Waals surface area (Å²) in [6, 6.07) is 17.8. The summed E-state index contributed by atoms with van der Waals surface area (Å²) in [6.07, 6.45) is 1.09. The molecule has 0 aliphatic heterocycles. The number of oxime groups is 2. The zero-order valence-electron chi connectivity index (χ0n) is 16.3. The lowest BCUT2D eigenvalue weighted by molar-refractivity contribution is -0.132. The normalized spacial score (nSPS) is 19.1. The molecule has 1 fully saturated rings. The van der Waals surface area contributed by atoms with Gasteiger partial charge in [0.25, 0.3) is 0 Å². The fourth-order valence-electron chi connectivity index (χ4n) is 3.26. The van der Waals surface area contributed by atoms with E-state index < -0.39 is 5.97 Å². The quantitative estimate of drug-likeness (QED) is 0.396. The molecule has 0 bridgehead atoms. The lowest BCUT2D eigenvalue weighted by Gasteiger charge is -2.10. The van der Waals surface area contributed by atoms with Crippen LogP contribution >= 0.6 is 0 Å². The lowest BCUT2D eigenvalue weighted by atomic mass is 10.0. The number of benzene rings is 2. The fourth-order valence-corrected chi connectivity index (χ4v) is 3.26. The van der Waals surface area contributed by atoms with E-state index in [0.29, 0.717) is 17.4 Å². The van der Waals surface area contributed by atoms with Crippen molar-refractivity contribution in [2.24, 2.45) is 16.2 Å². The molecule has 0 spiro atoms. The van der Waals surface area contributed by atoms with Crippen molar-refractivity contribution in [3.8, 4) is 0 Å². The molecule has 146 valence electrons. The molecule has 0 heterocycles. The van der Waals surface area contributed by atoms with Gasteiger partial charge in [-0.2, -0.15) is 0 Å². The number of carbonyl (C=O) groups is 1. The highest BCUT2D eigenvalue weighted by molar-refractivity contribution is 6.43. The van der Waals surface area contributed by atoms with Gasteiger partial charge in [-0.3, -0.25) is 0 Å². The van der Waals surface area contributed by atoms with Crippen molar-refractivity contribution in [3.05, 3.63) is 71.3 Å². The Balaban J connectivity index is 1.66. The molecule has 1 aliphatic rings. The zero-order valence-corrected chi connectivity index (χ0v) is 16.3. The minimum atomic E-state index is -0.572. The molecule has 2 aromatic carbocycles. The van der Waals surface area contributed by atoms with Crippen LogP contribution in [-0.4, -0.2) is 31.6 Å². The molecular formula is C22H24N2O4. The van der Waals surface area contributed by atoms with Gasteiger partial charge in [0.1, 0.15) is 13.7 Å². The Morgan fingerprint density at radius 3 is 2.46 bits per heavy atom. The van der Waals surface area contributed by atoms with E-state index in [2.05, 4.69) is 34.6 Å². The third-order valence-electron chi connectivity index (χ3n) is 4.82.